The number of amides is 1. The van der Waals surface area contributed by atoms with Crippen LogP contribution in [-0.2, 0) is 14.3 Å². The van der Waals surface area contributed by atoms with Crippen LogP contribution in [0.4, 0.5) is 10.5 Å². The van der Waals surface area contributed by atoms with Gasteiger partial charge in [0.15, 0.2) is 0 Å². The number of benzene rings is 2. The topological polar surface area (TPSA) is 55.8 Å². The SMILES string of the molecule is CCCCC(CC)COC(=O)CCSc1cc(-c2ccccc2)cc(N(C)C(=O)OC(C)(C)C)c1. The summed E-state index contributed by atoms with van der Waals surface area (Å²) in [6, 6.07) is 16.1. The second-order valence-corrected chi connectivity index (χ2v) is 11.0. The lowest BCUT2D eigenvalue weighted by atomic mass is 10.0. The average molecular weight is 500 g/mol. The Kier molecular flexibility index (Phi) is 11.7. The van der Waals surface area contributed by atoms with Crippen molar-refractivity contribution in [2.45, 2.75) is 77.2 Å². The lowest BCUT2D eigenvalue weighted by molar-refractivity contribution is -0.144. The van der Waals surface area contributed by atoms with Gasteiger partial charge in [0.25, 0.3) is 0 Å². The Morgan fingerprint density at radius 2 is 1.74 bits per heavy atom. The van der Waals surface area contributed by atoms with Crippen LogP contribution in [0.15, 0.2) is 53.4 Å². The maximum Gasteiger partial charge on any atom is 0.414 e. The van der Waals surface area contributed by atoms with Gasteiger partial charge in [-0.1, -0.05) is 63.4 Å². The van der Waals surface area contributed by atoms with Gasteiger partial charge in [-0.2, -0.15) is 0 Å². The van der Waals surface area contributed by atoms with Gasteiger partial charge >= 0.3 is 12.1 Å². The first-order valence-corrected chi connectivity index (χ1v) is 13.6. The first kappa shape index (κ1) is 28.8. The van der Waals surface area contributed by atoms with Crippen LogP contribution >= 0.6 is 11.8 Å². The standard InChI is InChI=1S/C29H41NO4S/c1-7-9-13-22(8-2)21-33-27(31)16-17-35-26-19-24(23-14-11-10-12-15-23)18-25(20-26)30(6)28(32)34-29(3,4)5/h10-12,14-15,18-20,22H,7-9,13,16-17,21H2,1-6H3. The zero-order valence-corrected chi connectivity index (χ0v) is 23.0. The minimum Gasteiger partial charge on any atom is -0.465 e. The molecule has 0 spiro atoms. The molecule has 192 valence electrons. The van der Waals surface area contributed by atoms with Gasteiger partial charge in [-0.25, -0.2) is 4.79 Å². The molecular weight excluding hydrogens is 458 g/mol. The Balaban J connectivity index is 2.08. The maximum absolute atomic E-state index is 12.7. The zero-order valence-electron chi connectivity index (χ0n) is 22.1. The van der Waals surface area contributed by atoms with Gasteiger partial charge in [0.2, 0.25) is 0 Å². The summed E-state index contributed by atoms with van der Waals surface area (Å²) in [5.41, 5.74) is 2.23. The largest absolute Gasteiger partial charge is 0.465 e. The summed E-state index contributed by atoms with van der Waals surface area (Å²) in [7, 11) is 1.71. The van der Waals surface area contributed by atoms with Crippen LogP contribution in [0.3, 0.4) is 0 Å². The Labute approximate surface area is 215 Å². The van der Waals surface area contributed by atoms with E-state index in [1.54, 1.807) is 18.8 Å². The molecule has 0 aliphatic rings. The fourth-order valence-corrected chi connectivity index (χ4v) is 4.45. The highest BCUT2D eigenvalue weighted by Gasteiger charge is 2.21. The molecule has 0 aliphatic carbocycles. The molecule has 5 nitrogen and oxygen atoms in total. The van der Waals surface area contributed by atoms with Gasteiger partial charge in [0.1, 0.15) is 5.60 Å². The van der Waals surface area contributed by atoms with Crippen molar-refractivity contribution in [1.29, 1.82) is 0 Å². The van der Waals surface area contributed by atoms with Crippen LogP contribution in [0, 0.1) is 5.92 Å². The molecule has 2 rings (SSSR count). The number of esters is 1. The lowest BCUT2D eigenvalue weighted by Crippen LogP contribution is -2.34. The van der Waals surface area contributed by atoms with Crippen LogP contribution in [0.25, 0.3) is 11.1 Å². The highest BCUT2D eigenvalue weighted by Crippen LogP contribution is 2.32. The number of anilines is 1. The number of hydrogen-bond donors (Lipinski definition) is 0. The van der Waals surface area contributed by atoms with Crippen LogP contribution in [0.1, 0.15) is 66.7 Å². The van der Waals surface area contributed by atoms with E-state index in [0.29, 0.717) is 24.7 Å². The quantitative estimate of drug-likeness (QED) is 0.219. The molecule has 0 fully saturated rings. The van der Waals surface area contributed by atoms with Crippen molar-refractivity contribution in [3.05, 3.63) is 48.5 Å². The van der Waals surface area contributed by atoms with Crippen molar-refractivity contribution in [2.75, 3.05) is 24.3 Å². The van der Waals surface area contributed by atoms with E-state index in [1.807, 2.05) is 63.2 Å². The van der Waals surface area contributed by atoms with E-state index in [0.717, 1.165) is 41.0 Å². The third-order valence-electron chi connectivity index (χ3n) is 5.65. The number of thioether (sulfide) groups is 1. The highest BCUT2D eigenvalue weighted by atomic mass is 32.2. The predicted octanol–water partition coefficient (Wildman–Crippen LogP) is 7.97. The Bertz CT molecular complexity index is 939. The molecule has 2 aromatic carbocycles. The molecule has 0 aromatic heterocycles. The average Bonchev–Trinajstić information content (AvgIpc) is 2.83. The first-order chi connectivity index (χ1) is 16.6. The molecule has 0 heterocycles. The molecule has 35 heavy (non-hydrogen) atoms. The van der Waals surface area contributed by atoms with E-state index >= 15 is 0 Å². The second kappa shape index (κ2) is 14.2. The van der Waals surface area contributed by atoms with E-state index in [2.05, 4.69) is 19.9 Å². The monoisotopic (exact) mass is 499 g/mol. The van der Waals surface area contributed by atoms with Crippen molar-refractivity contribution in [1.82, 2.24) is 0 Å². The molecule has 0 N–H and O–H groups in total. The van der Waals surface area contributed by atoms with E-state index < -0.39 is 11.7 Å². The number of ether oxygens (including phenoxy) is 2. The first-order valence-electron chi connectivity index (χ1n) is 12.6. The van der Waals surface area contributed by atoms with E-state index in [1.165, 1.54) is 11.3 Å². The van der Waals surface area contributed by atoms with Gasteiger partial charge < -0.3 is 9.47 Å². The minimum atomic E-state index is -0.576. The fourth-order valence-electron chi connectivity index (χ4n) is 3.53. The number of unbranched alkanes of at least 4 members (excludes halogenated alkanes) is 1. The summed E-state index contributed by atoms with van der Waals surface area (Å²) in [5, 5.41) is 0. The molecule has 0 radical (unpaired) electrons. The van der Waals surface area contributed by atoms with Crippen LogP contribution in [-0.4, -0.2) is 37.1 Å². The molecule has 0 aliphatic heterocycles. The summed E-state index contributed by atoms with van der Waals surface area (Å²) in [4.78, 5) is 27.5. The number of carbonyl (C=O) groups is 2. The van der Waals surface area contributed by atoms with Crippen LogP contribution < -0.4 is 4.90 Å². The van der Waals surface area contributed by atoms with Crippen molar-refractivity contribution >= 4 is 29.5 Å². The molecule has 1 atom stereocenters. The lowest BCUT2D eigenvalue weighted by Gasteiger charge is -2.25. The molecule has 1 amide bonds. The van der Waals surface area contributed by atoms with Gasteiger partial charge in [0.05, 0.1) is 13.0 Å². The van der Waals surface area contributed by atoms with Gasteiger partial charge in [0, 0.05) is 23.4 Å². The third-order valence-corrected chi connectivity index (χ3v) is 6.63. The highest BCUT2D eigenvalue weighted by molar-refractivity contribution is 7.99. The van der Waals surface area contributed by atoms with E-state index in [-0.39, 0.29) is 5.97 Å². The molecule has 0 saturated carbocycles. The predicted molar refractivity (Wildman–Crippen MR) is 146 cm³/mol. The molecule has 0 saturated heterocycles. The van der Waals surface area contributed by atoms with E-state index in [4.69, 9.17) is 9.47 Å². The van der Waals surface area contributed by atoms with Gasteiger partial charge in [-0.05, 0) is 62.4 Å². The summed E-state index contributed by atoms with van der Waals surface area (Å²) >= 11 is 1.59. The summed E-state index contributed by atoms with van der Waals surface area (Å²) in [6.45, 7) is 10.4. The van der Waals surface area contributed by atoms with Crippen LogP contribution in [0.2, 0.25) is 0 Å². The van der Waals surface area contributed by atoms with Gasteiger partial charge in [-0.3, -0.25) is 9.69 Å². The molecule has 0 bridgehead atoms. The van der Waals surface area contributed by atoms with Crippen molar-refractivity contribution in [2.24, 2.45) is 5.92 Å². The van der Waals surface area contributed by atoms with Crippen molar-refractivity contribution in [3.63, 3.8) is 0 Å². The number of nitrogens with zero attached hydrogens (tertiary/aromatic N) is 1. The molecule has 2 aromatic rings. The summed E-state index contributed by atoms with van der Waals surface area (Å²) in [6.07, 6.45) is 4.41. The third kappa shape index (κ3) is 10.4. The normalized spacial score (nSPS) is 12.2. The Hall–Kier alpha value is -2.47. The van der Waals surface area contributed by atoms with Crippen molar-refractivity contribution < 1.29 is 19.1 Å². The minimum absolute atomic E-state index is 0.155. The zero-order chi connectivity index (χ0) is 25.8. The Morgan fingerprint density at radius 1 is 1.03 bits per heavy atom. The van der Waals surface area contributed by atoms with E-state index in [9.17, 15) is 9.59 Å². The Morgan fingerprint density at radius 3 is 2.37 bits per heavy atom. The number of rotatable bonds is 12. The smallest absolute Gasteiger partial charge is 0.414 e. The second-order valence-electron chi connectivity index (χ2n) is 9.82. The molecule has 1 unspecified atom stereocenters. The maximum atomic E-state index is 12.7. The summed E-state index contributed by atoms with van der Waals surface area (Å²) < 4.78 is 11.1. The van der Waals surface area contributed by atoms with Crippen LogP contribution in [0.5, 0.6) is 0 Å². The summed E-state index contributed by atoms with van der Waals surface area (Å²) in [5.74, 6) is 0.899. The van der Waals surface area contributed by atoms with Gasteiger partial charge in [-0.15, -0.1) is 11.8 Å². The number of carbonyl (C=O) groups excluding carboxylic acids is 2. The van der Waals surface area contributed by atoms with Crippen molar-refractivity contribution in [3.8, 4) is 11.1 Å². The molecular formula is C29H41NO4S. The number of hydrogen-bond acceptors (Lipinski definition) is 5. The fraction of sp³-hybridized carbons (Fsp3) is 0.517. The molecule has 6 heteroatoms.